The van der Waals surface area contributed by atoms with Gasteiger partial charge in [0.1, 0.15) is 0 Å². The fourth-order valence-electron chi connectivity index (χ4n) is 2.97. The predicted molar refractivity (Wildman–Crippen MR) is 97.2 cm³/mol. The van der Waals surface area contributed by atoms with Crippen molar-refractivity contribution in [2.24, 2.45) is 0 Å². The van der Waals surface area contributed by atoms with Crippen molar-refractivity contribution in [2.75, 3.05) is 31.3 Å². The van der Waals surface area contributed by atoms with Gasteiger partial charge in [0, 0.05) is 31.2 Å². The second-order valence-electron chi connectivity index (χ2n) is 6.09. The maximum Gasteiger partial charge on any atom is 0.211 e. The lowest BCUT2D eigenvalue weighted by atomic mass is 10.1. The largest absolute Gasteiger partial charge is 0.346 e. The van der Waals surface area contributed by atoms with Crippen LogP contribution in [0.2, 0.25) is 5.02 Å². The Morgan fingerprint density at radius 3 is 2.87 bits per heavy atom. The zero-order valence-electron chi connectivity index (χ0n) is 13.4. The maximum absolute atomic E-state index is 11.8. The lowest BCUT2D eigenvalue weighted by molar-refractivity contribution is 0.322. The first-order chi connectivity index (χ1) is 10.8. The molecule has 1 aromatic heterocycles. The Kier molecular flexibility index (Phi) is 4.57. The fourth-order valence-corrected chi connectivity index (χ4v) is 5.14. The average molecular weight is 374 g/mol. The molecule has 0 bridgehead atoms. The van der Waals surface area contributed by atoms with Crippen LogP contribution in [0.4, 0.5) is 5.13 Å². The summed E-state index contributed by atoms with van der Waals surface area (Å²) >= 11 is 7.74. The number of aromatic nitrogens is 1. The van der Waals surface area contributed by atoms with Gasteiger partial charge in [0.15, 0.2) is 5.13 Å². The van der Waals surface area contributed by atoms with Gasteiger partial charge in [0.25, 0.3) is 0 Å². The summed E-state index contributed by atoms with van der Waals surface area (Å²) < 4.78 is 26.1. The van der Waals surface area contributed by atoms with Crippen LogP contribution in [0.3, 0.4) is 0 Å². The standard InChI is InChI=1S/C15H20ClN3O2S2/c1-10-7-11(16)8-13-14(10)17-15(22-13)19-6-4-5-12(9-19)18(2)23(3,20)21/h7-8,12H,4-6,9H2,1-3H3. The molecule has 0 spiro atoms. The van der Waals surface area contributed by atoms with Gasteiger partial charge in [-0.15, -0.1) is 0 Å². The topological polar surface area (TPSA) is 53.5 Å². The normalized spacial score (nSPS) is 19.7. The Morgan fingerprint density at radius 1 is 1.43 bits per heavy atom. The predicted octanol–water partition coefficient (Wildman–Crippen LogP) is 3.12. The number of thiazole rings is 1. The van der Waals surface area contributed by atoms with Crippen LogP contribution in [0.1, 0.15) is 18.4 Å². The molecule has 5 nitrogen and oxygen atoms in total. The van der Waals surface area contributed by atoms with Crippen molar-refractivity contribution >= 4 is 48.3 Å². The van der Waals surface area contributed by atoms with E-state index in [0.717, 1.165) is 45.3 Å². The van der Waals surface area contributed by atoms with Crippen LogP contribution in [0, 0.1) is 6.92 Å². The minimum Gasteiger partial charge on any atom is -0.346 e. The Labute approximate surface area is 145 Å². The molecule has 1 aliphatic rings. The monoisotopic (exact) mass is 373 g/mol. The molecule has 2 heterocycles. The molecule has 2 aromatic rings. The van der Waals surface area contributed by atoms with E-state index in [1.54, 1.807) is 18.4 Å². The number of likely N-dealkylation sites (N-methyl/N-ethyl adjacent to an activating group) is 1. The number of sulfonamides is 1. The van der Waals surface area contributed by atoms with E-state index in [2.05, 4.69) is 4.90 Å². The van der Waals surface area contributed by atoms with E-state index in [4.69, 9.17) is 16.6 Å². The molecule has 1 aromatic carbocycles. The molecule has 0 aliphatic carbocycles. The molecule has 0 radical (unpaired) electrons. The van der Waals surface area contributed by atoms with Crippen LogP contribution in [0.5, 0.6) is 0 Å². The summed E-state index contributed by atoms with van der Waals surface area (Å²) in [4.78, 5) is 6.94. The molecule has 0 N–H and O–H groups in total. The molecule has 1 fully saturated rings. The van der Waals surface area contributed by atoms with Crippen LogP contribution in [-0.2, 0) is 10.0 Å². The van der Waals surface area contributed by atoms with Crippen molar-refractivity contribution in [1.29, 1.82) is 0 Å². The lowest BCUT2D eigenvalue weighted by Gasteiger charge is -2.36. The highest BCUT2D eigenvalue weighted by Crippen LogP contribution is 2.34. The number of aryl methyl sites for hydroxylation is 1. The second kappa shape index (κ2) is 6.20. The highest BCUT2D eigenvalue weighted by atomic mass is 35.5. The van der Waals surface area contributed by atoms with Crippen LogP contribution in [-0.4, -0.2) is 50.1 Å². The quantitative estimate of drug-likeness (QED) is 0.829. The number of anilines is 1. The molecule has 1 saturated heterocycles. The molecule has 3 rings (SSSR count). The van der Waals surface area contributed by atoms with E-state index in [0.29, 0.717) is 6.54 Å². The summed E-state index contributed by atoms with van der Waals surface area (Å²) in [6.07, 6.45) is 3.10. The lowest BCUT2D eigenvalue weighted by Crippen LogP contribution is -2.48. The minimum atomic E-state index is -3.17. The zero-order valence-corrected chi connectivity index (χ0v) is 15.8. The van der Waals surface area contributed by atoms with Crippen molar-refractivity contribution in [3.8, 4) is 0 Å². The number of nitrogens with zero attached hydrogens (tertiary/aromatic N) is 3. The van der Waals surface area contributed by atoms with Crippen molar-refractivity contribution < 1.29 is 8.42 Å². The van der Waals surface area contributed by atoms with Crippen molar-refractivity contribution in [3.63, 3.8) is 0 Å². The van der Waals surface area contributed by atoms with Gasteiger partial charge in [-0.2, -0.15) is 0 Å². The van der Waals surface area contributed by atoms with E-state index >= 15 is 0 Å². The average Bonchev–Trinajstić information content (AvgIpc) is 2.90. The molecule has 1 unspecified atom stereocenters. The van der Waals surface area contributed by atoms with E-state index in [1.807, 2.05) is 19.1 Å². The zero-order chi connectivity index (χ0) is 16.8. The number of benzene rings is 1. The van der Waals surface area contributed by atoms with Gasteiger partial charge in [0.2, 0.25) is 10.0 Å². The van der Waals surface area contributed by atoms with Gasteiger partial charge in [-0.1, -0.05) is 22.9 Å². The fraction of sp³-hybridized carbons (Fsp3) is 0.533. The van der Waals surface area contributed by atoms with Crippen molar-refractivity contribution in [1.82, 2.24) is 9.29 Å². The first-order valence-electron chi connectivity index (χ1n) is 7.50. The number of fused-ring (bicyclic) bond motifs is 1. The number of hydrogen-bond acceptors (Lipinski definition) is 5. The summed E-state index contributed by atoms with van der Waals surface area (Å²) in [7, 11) is -1.51. The molecule has 126 valence electrons. The highest BCUT2D eigenvalue weighted by Gasteiger charge is 2.29. The first-order valence-corrected chi connectivity index (χ1v) is 10.5. The van der Waals surface area contributed by atoms with Gasteiger partial charge in [0.05, 0.1) is 16.5 Å². The van der Waals surface area contributed by atoms with Crippen molar-refractivity contribution in [3.05, 3.63) is 22.7 Å². The molecular weight excluding hydrogens is 354 g/mol. The molecule has 23 heavy (non-hydrogen) atoms. The first kappa shape index (κ1) is 17.0. The van der Waals surface area contributed by atoms with Crippen molar-refractivity contribution in [2.45, 2.75) is 25.8 Å². The number of rotatable bonds is 3. The third kappa shape index (κ3) is 3.47. The van der Waals surface area contributed by atoms with Crippen LogP contribution < -0.4 is 4.90 Å². The van der Waals surface area contributed by atoms with Crippen LogP contribution in [0.15, 0.2) is 12.1 Å². The summed E-state index contributed by atoms with van der Waals surface area (Å²) in [6.45, 7) is 3.59. The summed E-state index contributed by atoms with van der Waals surface area (Å²) in [5.74, 6) is 0. The van der Waals surface area contributed by atoms with E-state index in [9.17, 15) is 8.42 Å². The number of halogens is 1. The summed E-state index contributed by atoms with van der Waals surface area (Å²) in [5, 5.41) is 1.66. The molecule has 1 aliphatic heterocycles. The van der Waals surface area contributed by atoms with Crippen LogP contribution >= 0.6 is 22.9 Å². The summed E-state index contributed by atoms with van der Waals surface area (Å²) in [5.41, 5.74) is 2.05. The summed E-state index contributed by atoms with van der Waals surface area (Å²) in [6, 6.07) is 3.86. The van der Waals surface area contributed by atoms with Gasteiger partial charge >= 0.3 is 0 Å². The molecular formula is C15H20ClN3O2S2. The SMILES string of the molecule is Cc1cc(Cl)cc2sc(N3CCCC(N(C)S(C)(=O)=O)C3)nc12. The van der Waals surface area contributed by atoms with Gasteiger partial charge in [-0.05, 0) is 37.5 Å². The Balaban J connectivity index is 1.88. The van der Waals surface area contributed by atoms with Crippen LogP contribution in [0.25, 0.3) is 10.2 Å². The minimum absolute atomic E-state index is 0.00422. The van der Waals surface area contributed by atoms with E-state index in [-0.39, 0.29) is 6.04 Å². The second-order valence-corrected chi connectivity index (χ2v) is 9.57. The molecule has 0 amide bonds. The Morgan fingerprint density at radius 2 is 2.17 bits per heavy atom. The molecule has 1 atom stereocenters. The van der Waals surface area contributed by atoms with E-state index in [1.165, 1.54) is 10.6 Å². The third-order valence-corrected chi connectivity index (χ3v) is 6.97. The number of piperidine rings is 1. The van der Waals surface area contributed by atoms with Gasteiger partial charge < -0.3 is 4.90 Å². The van der Waals surface area contributed by atoms with Gasteiger partial charge in [-0.3, -0.25) is 0 Å². The number of hydrogen-bond donors (Lipinski definition) is 0. The smallest absolute Gasteiger partial charge is 0.211 e. The van der Waals surface area contributed by atoms with Gasteiger partial charge in [-0.25, -0.2) is 17.7 Å². The highest BCUT2D eigenvalue weighted by molar-refractivity contribution is 7.88. The Bertz CT molecular complexity index is 835. The maximum atomic E-state index is 11.8. The molecule has 0 saturated carbocycles. The molecule has 8 heteroatoms. The Hall–Kier alpha value is -0.890. The third-order valence-electron chi connectivity index (χ3n) is 4.34. The van der Waals surface area contributed by atoms with E-state index < -0.39 is 10.0 Å².